The van der Waals surface area contributed by atoms with Crippen LogP contribution in [0.2, 0.25) is 0 Å². The van der Waals surface area contributed by atoms with Gasteiger partial charge in [-0.2, -0.15) is 4.36 Å². The van der Waals surface area contributed by atoms with Crippen LogP contribution in [0.15, 0.2) is 65.0 Å². The normalized spacial score (nSPS) is 12.9. The summed E-state index contributed by atoms with van der Waals surface area (Å²) in [6.45, 7) is 1.97. The Hall–Kier alpha value is -3.25. The van der Waals surface area contributed by atoms with E-state index in [1.54, 1.807) is 48.5 Å². The second-order valence-electron chi connectivity index (χ2n) is 7.22. The topological polar surface area (TPSA) is 72.8 Å². The van der Waals surface area contributed by atoms with E-state index in [4.69, 9.17) is 4.74 Å². The summed E-state index contributed by atoms with van der Waals surface area (Å²) in [7, 11) is -2.53. The smallest absolute Gasteiger partial charge is 0.198 e. The van der Waals surface area contributed by atoms with Gasteiger partial charge >= 0.3 is 0 Å². The Kier molecular flexibility index (Phi) is 4.59. The maximum absolute atomic E-state index is 13.3. The number of aryl methyl sites for hydroxylation is 1. The van der Waals surface area contributed by atoms with Gasteiger partial charge < -0.3 is 4.74 Å². The highest BCUT2D eigenvalue weighted by Crippen LogP contribution is 2.40. The molecule has 29 heavy (non-hydrogen) atoms. The maximum atomic E-state index is 13.3. The molecule has 3 aromatic carbocycles. The average Bonchev–Trinajstić information content (AvgIpc) is 2.67. The first-order valence-corrected chi connectivity index (χ1v) is 11.3. The van der Waals surface area contributed by atoms with Gasteiger partial charge in [0.1, 0.15) is 11.5 Å². The molecule has 0 atom stereocenters. The van der Waals surface area contributed by atoms with E-state index in [0.29, 0.717) is 16.9 Å². The lowest BCUT2D eigenvalue weighted by Crippen LogP contribution is -2.21. The first kappa shape index (κ1) is 19.1. The summed E-state index contributed by atoms with van der Waals surface area (Å²) >= 11 is 0. The van der Waals surface area contributed by atoms with Gasteiger partial charge in [-0.3, -0.25) is 9.59 Å². The monoisotopic (exact) mass is 405 g/mol. The molecular formula is C23H19NO4S. The molecule has 0 saturated heterocycles. The molecule has 0 spiro atoms. The van der Waals surface area contributed by atoms with Crippen LogP contribution in [0.1, 0.15) is 37.4 Å². The van der Waals surface area contributed by atoms with Crippen molar-refractivity contribution in [2.75, 3.05) is 12.5 Å². The van der Waals surface area contributed by atoms with Gasteiger partial charge in [-0.15, -0.1) is 0 Å². The summed E-state index contributed by atoms with van der Waals surface area (Å²) in [5.41, 5.74) is 2.24. The van der Waals surface area contributed by atoms with Crippen LogP contribution in [0.4, 0.5) is 5.69 Å². The SMILES string of the molecule is Cc1ccc(Oc2ccc(N=S(C)(C)=O)c3c2C(=O)c2ccccc2C3=O)cc1. The lowest BCUT2D eigenvalue weighted by atomic mass is 9.83. The highest BCUT2D eigenvalue weighted by atomic mass is 32.2. The second kappa shape index (κ2) is 6.97. The molecule has 0 amide bonds. The van der Waals surface area contributed by atoms with Crippen LogP contribution >= 0.6 is 0 Å². The summed E-state index contributed by atoms with van der Waals surface area (Å²) in [5.74, 6) is 0.186. The molecule has 6 heteroatoms. The summed E-state index contributed by atoms with van der Waals surface area (Å²) in [6, 6.07) is 17.2. The Morgan fingerprint density at radius 1 is 0.793 bits per heavy atom. The quantitative estimate of drug-likeness (QED) is 0.485. The average molecular weight is 405 g/mol. The highest BCUT2D eigenvalue weighted by Gasteiger charge is 2.34. The molecule has 0 N–H and O–H groups in total. The zero-order valence-corrected chi connectivity index (χ0v) is 17.1. The molecule has 0 radical (unpaired) electrons. The summed E-state index contributed by atoms with van der Waals surface area (Å²) < 4.78 is 22.5. The minimum atomic E-state index is -2.53. The predicted octanol–water partition coefficient (Wildman–Crippen LogP) is 4.92. The number of hydrogen-bond donors (Lipinski definition) is 0. The van der Waals surface area contributed by atoms with Crippen molar-refractivity contribution in [1.82, 2.24) is 0 Å². The van der Waals surface area contributed by atoms with Crippen LogP contribution in [0.25, 0.3) is 0 Å². The number of carbonyl (C=O) groups excluding carboxylic acids is 2. The van der Waals surface area contributed by atoms with Gasteiger partial charge in [0, 0.05) is 33.4 Å². The molecule has 0 fully saturated rings. The Bertz CT molecular complexity index is 1270. The van der Waals surface area contributed by atoms with Crippen molar-refractivity contribution in [3.05, 3.63) is 88.5 Å². The number of ether oxygens (including phenoxy) is 1. The molecule has 1 aliphatic rings. The van der Waals surface area contributed by atoms with E-state index in [1.165, 1.54) is 12.5 Å². The lowest BCUT2D eigenvalue weighted by Gasteiger charge is -2.21. The molecule has 5 nitrogen and oxygen atoms in total. The van der Waals surface area contributed by atoms with Crippen molar-refractivity contribution in [3.63, 3.8) is 0 Å². The van der Waals surface area contributed by atoms with Crippen molar-refractivity contribution in [2.24, 2.45) is 4.36 Å². The molecule has 0 bridgehead atoms. The van der Waals surface area contributed by atoms with Gasteiger partial charge in [-0.1, -0.05) is 42.0 Å². The lowest BCUT2D eigenvalue weighted by molar-refractivity contribution is 0.0977. The first-order valence-electron chi connectivity index (χ1n) is 9.02. The Balaban J connectivity index is 1.96. The highest BCUT2D eigenvalue weighted by molar-refractivity contribution is 7.92. The Morgan fingerprint density at radius 2 is 1.38 bits per heavy atom. The molecule has 0 saturated carbocycles. The van der Waals surface area contributed by atoms with Crippen molar-refractivity contribution in [1.29, 1.82) is 0 Å². The van der Waals surface area contributed by atoms with E-state index < -0.39 is 9.73 Å². The maximum Gasteiger partial charge on any atom is 0.198 e. The third kappa shape index (κ3) is 3.59. The van der Waals surface area contributed by atoms with Gasteiger partial charge in [0.25, 0.3) is 0 Å². The largest absolute Gasteiger partial charge is 0.457 e. The van der Waals surface area contributed by atoms with Gasteiger partial charge in [0.05, 0.1) is 16.8 Å². The fourth-order valence-electron chi connectivity index (χ4n) is 3.31. The van der Waals surface area contributed by atoms with Crippen molar-refractivity contribution < 1.29 is 18.5 Å². The molecular weight excluding hydrogens is 386 g/mol. The van der Waals surface area contributed by atoms with Gasteiger partial charge in [0.2, 0.25) is 0 Å². The fourth-order valence-corrected chi connectivity index (χ4v) is 3.93. The van der Waals surface area contributed by atoms with Crippen molar-refractivity contribution in [3.8, 4) is 11.5 Å². The first-order chi connectivity index (χ1) is 13.7. The fraction of sp³-hybridized carbons (Fsp3) is 0.130. The minimum Gasteiger partial charge on any atom is -0.457 e. The van der Waals surface area contributed by atoms with Gasteiger partial charge in [-0.05, 0) is 31.2 Å². The zero-order valence-electron chi connectivity index (χ0n) is 16.3. The summed E-state index contributed by atoms with van der Waals surface area (Å²) in [5, 5.41) is 0. The van der Waals surface area contributed by atoms with E-state index in [9.17, 15) is 13.8 Å². The summed E-state index contributed by atoms with van der Waals surface area (Å²) in [6.07, 6.45) is 2.97. The van der Waals surface area contributed by atoms with E-state index in [-0.39, 0.29) is 34.1 Å². The zero-order chi connectivity index (χ0) is 20.8. The number of fused-ring (bicyclic) bond motifs is 2. The molecule has 3 aromatic rings. The Morgan fingerprint density at radius 3 is 1.97 bits per heavy atom. The number of hydrogen-bond acceptors (Lipinski definition) is 5. The minimum absolute atomic E-state index is 0.134. The number of ketones is 2. The predicted molar refractivity (Wildman–Crippen MR) is 113 cm³/mol. The Labute approximate surface area is 169 Å². The number of nitrogens with zero attached hydrogens (tertiary/aromatic N) is 1. The third-order valence-corrected chi connectivity index (χ3v) is 5.22. The summed E-state index contributed by atoms with van der Waals surface area (Å²) in [4.78, 5) is 26.5. The van der Waals surface area contributed by atoms with Crippen LogP contribution in [-0.2, 0) is 9.73 Å². The van der Waals surface area contributed by atoms with Crippen LogP contribution < -0.4 is 4.74 Å². The van der Waals surface area contributed by atoms with Gasteiger partial charge in [0.15, 0.2) is 11.6 Å². The number of benzene rings is 3. The van der Waals surface area contributed by atoms with Crippen molar-refractivity contribution >= 4 is 27.0 Å². The molecule has 0 unspecified atom stereocenters. The second-order valence-corrected chi connectivity index (χ2v) is 9.77. The van der Waals surface area contributed by atoms with Crippen LogP contribution in [0.5, 0.6) is 11.5 Å². The van der Waals surface area contributed by atoms with E-state index >= 15 is 0 Å². The van der Waals surface area contributed by atoms with E-state index in [2.05, 4.69) is 4.36 Å². The number of rotatable bonds is 3. The molecule has 146 valence electrons. The van der Waals surface area contributed by atoms with E-state index in [0.717, 1.165) is 5.56 Å². The standard InChI is InChI=1S/C23H19NO4S/c1-14-8-10-15(11-9-14)28-19-13-12-18(24-29(2,3)27)20-21(19)23(26)17-7-5-4-6-16(17)22(20)25/h4-13H,1-3H3. The molecule has 0 aromatic heterocycles. The molecule has 0 heterocycles. The van der Waals surface area contributed by atoms with Crippen LogP contribution in [0, 0.1) is 6.92 Å². The van der Waals surface area contributed by atoms with Crippen LogP contribution in [-0.4, -0.2) is 28.3 Å². The number of carbonyl (C=O) groups is 2. The third-order valence-electron chi connectivity index (χ3n) is 4.58. The molecule has 4 rings (SSSR count). The van der Waals surface area contributed by atoms with Crippen molar-refractivity contribution in [2.45, 2.75) is 6.92 Å². The molecule has 1 aliphatic carbocycles. The van der Waals surface area contributed by atoms with Gasteiger partial charge in [-0.25, -0.2) is 4.21 Å². The van der Waals surface area contributed by atoms with Crippen LogP contribution in [0.3, 0.4) is 0 Å². The van der Waals surface area contributed by atoms with E-state index in [1.807, 2.05) is 19.1 Å². The molecule has 0 aliphatic heterocycles.